The Morgan fingerprint density at radius 1 is 1.47 bits per heavy atom. The van der Waals surface area contributed by atoms with E-state index in [-0.39, 0.29) is 18.1 Å². The monoisotopic (exact) mass is 214 g/mol. The van der Waals surface area contributed by atoms with Gasteiger partial charge in [-0.3, -0.25) is 4.79 Å². The molecule has 0 aromatic heterocycles. The van der Waals surface area contributed by atoms with E-state index in [0.717, 1.165) is 0 Å². The molecule has 0 aromatic rings. The number of aliphatic hydroxyl groups excluding tert-OH is 1. The molecule has 0 saturated carbocycles. The summed E-state index contributed by atoms with van der Waals surface area (Å²) in [7, 11) is 0. The van der Waals surface area contributed by atoms with Crippen LogP contribution in [0.15, 0.2) is 12.7 Å². The third-order valence-corrected chi connectivity index (χ3v) is 2.54. The second-order valence-corrected chi connectivity index (χ2v) is 4.83. The second-order valence-electron chi connectivity index (χ2n) is 4.83. The minimum atomic E-state index is -1.01. The van der Waals surface area contributed by atoms with Gasteiger partial charge in [0.1, 0.15) is 5.78 Å². The molecule has 0 aliphatic carbocycles. The van der Waals surface area contributed by atoms with Crippen molar-refractivity contribution in [2.45, 2.75) is 45.8 Å². The highest BCUT2D eigenvalue weighted by Crippen LogP contribution is 2.19. The van der Waals surface area contributed by atoms with Crippen LogP contribution in [-0.2, 0) is 4.79 Å². The van der Waals surface area contributed by atoms with E-state index >= 15 is 0 Å². The van der Waals surface area contributed by atoms with Gasteiger partial charge in [-0.25, -0.2) is 0 Å². The summed E-state index contributed by atoms with van der Waals surface area (Å²) in [5.74, 6) is -0.709. The van der Waals surface area contributed by atoms with Gasteiger partial charge in [0.15, 0.2) is 0 Å². The lowest BCUT2D eigenvalue weighted by molar-refractivity contribution is -0.130. The Bertz CT molecular complexity index is 228. The Hall–Kier alpha value is -0.670. The molecule has 0 heterocycles. The molecule has 2 N–H and O–H groups in total. The summed E-state index contributed by atoms with van der Waals surface area (Å²) in [6, 6.07) is 0. The highest BCUT2D eigenvalue weighted by molar-refractivity contribution is 5.82. The van der Waals surface area contributed by atoms with Gasteiger partial charge >= 0.3 is 0 Å². The fraction of sp³-hybridized carbons (Fsp3) is 0.750. The smallest absolute Gasteiger partial charge is 0.141 e. The van der Waals surface area contributed by atoms with E-state index in [4.69, 9.17) is 0 Å². The third kappa shape index (κ3) is 5.09. The first kappa shape index (κ1) is 14.3. The van der Waals surface area contributed by atoms with Crippen LogP contribution in [0.5, 0.6) is 0 Å². The average Bonchev–Trinajstić information content (AvgIpc) is 2.11. The number of rotatable bonds is 6. The van der Waals surface area contributed by atoms with E-state index in [1.54, 1.807) is 26.8 Å². The van der Waals surface area contributed by atoms with Gasteiger partial charge in [0, 0.05) is 18.3 Å². The molecular formula is C12H22O3. The van der Waals surface area contributed by atoms with Crippen molar-refractivity contribution < 1.29 is 15.0 Å². The standard InChI is InChI=1S/C12H22O3/c1-6-8(2)11(14)9(3)10(13)7-12(4,5)15/h6,8-9,11,14-15H,1,7H2,2-5H3/t8-,9?,11-/m0/s1. The van der Waals surface area contributed by atoms with Crippen LogP contribution < -0.4 is 0 Å². The molecular weight excluding hydrogens is 192 g/mol. The van der Waals surface area contributed by atoms with Gasteiger partial charge in [-0.1, -0.05) is 19.9 Å². The van der Waals surface area contributed by atoms with Crippen molar-refractivity contribution in [3.63, 3.8) is 0 Å². The van der Waals surface area contributed by atoms with Crippen molar-refractivity contribution in [1.82, 2.24) is 0 Å². The van der Waals surface area contributed by atoms with Gasteiger partial charge in [0.05, 0.1) is 11.7 Å². The van der Waals surface area contributed by atoms with Gasteiger partial charge in [-0.15, -0.1) is 6.58 Å². The molecule has 0 spiro atoms. The molecule has 0 radical (unpaired) electrons. The van der Waals surface area contributed by atoms with Gasteiger partial charge in [0.25, 0.3) is 0 Å². The summed E-state index contributed by atoms with van der Waals surface area (Å²) < 4.78 is 0. The van der Waals surface area contributed by atoms with E-state index in [2.05, 4.69) is 6.58 Å². The molecule has 0 rings (SSSR count). The number of hydrogen-bond donors (Lipinski definition) is 2. The normalized spacial score (nSPS) is 18.0. The van der Waals surface area contributed by atoms with Crippen LogP contribution in [0.25, 0.3) is 0 Å². The molecule has 0 aliphatic rings. The highest BCUT2D eigenvalue weighted by Gasteiger charge is 2.28. The first-order valence-electron chi connectivity index (χ1n) is 5.24. The Kier molecular flexibility index (Phi) is 5.18. The molecule has 3 nitrogen and oxygen atoms in total. The van der Waals surface area contributed by atoms with Crippen molar-refractivity contribution in [2.24, 2.45) is 11.8 Å². The summed E-state index contributed by atoms with van der Waals surface area (Å²) >= 11 is 0. The van der Waals surface area contributed by atoms with Crippen molar-refractivity contribution in [3.05, 3.63) is 12.7 Å². The summed E-state index contributed by atoms with van der Waals surface area (Å²) in [6.45, 7) is 10.2. The van der Waals surface area contributed by atoms with Crippen molar-refractivity contribution in [1.29, 1.82) is 0 Å². The molecule has 0 fully saturated rings. The summed E-state index contributed by atoms with van der Waals surface area (Å²) in [4.78, 5) is 11.7. The number of hydrogen-bond acceptors (Lipinski definition) is 3. The second kappa shape index (κ2) is 5.42. The fourth-order valence-corrected chi connectivity index (χ4v) is 1.37. The number of Topliss-reactive ketones (excluding diaryl/α,β-unsaturated/α-hetero) is 1. The SMILES string of the molecule is C=C[C@H](C)[C@H](O)C(C)C(=O)CC(C)(C)O. The predicted molar refractivity (Wildman–Crippen MR) is 60.5 cm³/mol. The number of carbonyl (C=O) groups is 1. The van der Waals surface area contributed by atoms with Crippen molar-refractivity contribution in [2.75, 3.05) is 0 Å². The van der Waals surface area contributed by atoms with E-state index in [9.17, 15) is 15.0 Å². The Morgan fingerprint density at radius 2 is 1.93 bits per heavy atom. The largest absolute Gasteiger partial charge is 0.392 e. The molecule has 3 atom stereocenters. The summed E-state index contributed by atoms with van der Waals surface area (Å²) in [5.41, 5.74) is -1.01. The zero-order valence-corrected chi connectivity index (χ0v) is 10.0. The van der Waals surface area contributed by atoms with E-state index in [1.807, 2.05) is 6.92 Å². The maximum atomic E-state index is 11.7. The van der Waals surface area contributed by atoms with Crippen LogP contribution in [0.2, 0.25) is 0 Å². The van der Waals surface area contributed by atoms with Crippen LogP contribution in [0.3, 0.4) is 0 Å². The summed E-state index contributed by atoms with van der Waals surface area (Å²) in [5, 5.41) is 19.3. The quantitative estimate of drug-likeness (QED) is 0.659. The third-order valence-electron chi connectivity index (χ3n) is 2.54. The van der Waals surface area contributed by atoms with Crippen LogP contribution in [0, 0.1) is 11.8 Å². The minimum Gasteiger partial charge on any atom is -0.392 e. The predicted octanol–water partition coefficient (Wildman–Crippen LogP) is 1.54. The lowest BCUT2D eigenvalue weighted by Gasteiger charge is -2.24. The topological polar surface area (TPSA) is 57.5 Å². The lowest BCUT2D eigenvalue weighted by atomic mass is 9.86. The van der Waals surface area contributed by atoms with Gasteiger partial charge < -0.3 is 10.2 Å². The van der Waals surface area contributed by atoms with Gasteiger partial charge in [-0.05, 0) is 13.8 Å². The molecule has 88 valence electrons. The van der Waals surface area contributed by atoms with E-state index < -0.39 is 17.6 Å². The van der Waals surface area contributed by atoms with Crippen LogP contribution >= 0.6 is 0 Å². The van der Waals surface area contributed by atoms with Gasteiger partial charge in [0.2, 0.25) is 0 Å². The van der Waals surface area contributed by atoms with Crippen LogP contribution in [-0.4, -0.2) is 27.7 Å². The molecule has 0 aliphatic heterocycles. The van der Waals surface area contributed by atoms with Crippen LogP contribution in [0.4, 0.5) is 0 Å². The zero-order chi connectivity index (χ0) is 12.2. The summed E-state index contributed by atoms with van der Waals surface area (Å²) in [6.07, 6.45) is 0.963. The number of ketones is 1. The number of carbonyl (C=O) groups excluding carboxylic acids is 1. The molecule has 0 saturated heterocycles. The molecule has 0 amide bonds. The van der Waals surface area contributed by atoms with Crippen LogP contribution in [0.1, 0.15) is 34.1 Å². The Balaban J connectivity index is 4.38. The Morgan fingerprint density at radius 3 is 2.27 bits per heavy atom. The molecule has 0 aromatic carbocycles. The molecule has 3 heteroatoms. The number of aliphatic hydroxyl groups is 2. The Labute approximate surface area is 91.8 Å². The first-order valence-corrected chi connectivity index (χ1v) is 5.24. The maximum absolute atomic E-state index is 11.7. The minimum absolute atomic E-state index is 0.0646. The molecule has 1 unspecified atom stereocenters. The van der Waals surface area contributed by atoms with E-state index in [0.29, 0.717) is 0 Å². The zero-order valence-electron chi connectivity index (χ0n) is 10.0. The molecule has 15 heavy (non-hydrogen) atoms. The lowest BCUT2D eigenvalue weighted by Crippen LogP contribution is -2.34. The van der Waals surface area contributed by atoms with Crippen molar-refractivity contribution >= 4 is 5.78 Å². The fourth-order valence-electron chi connectivity index (χ4n) is 1.37. The van der Waals surface area contributed by atoms with Crippen molar-refractivity contribution in [3.8, 4) is 0 Å². The average molecular weight is 214 g/mol. The first-order chi connectivity index (χ1) is 6.69. The van der Waals surface area contributed by atoms with E-state index in [1.165, 1.54) is 0 Å². The van der Waals surface area contributed by atoms with Gasteiger partial charge in [-0.2, -0.15) is 0 Å². The molecule has 0 bridgehead atoms. The highest BCUT2D eigenvalue weighted by atomic mass is 16.3. The maximum Gasteiger partial charge on any atom is 0.141 e.